The quantitative estimate of drug-likeness (QED) is 0.515. The van der Waals surface area contributed by atoms with Crippen LogP contribution in [-0.4, -0.2) is 31.0 Å². The van der Waals surface area contributed by atoms with Crippen molar-refractivity contribution < 1.29 is 18.3 Å². The van der Waals surface area contributed by atoms with E-state index in [4.69, 9.17) is 4.74 Å². The lowest BCUT2D eigenvalue weighted by Crippen LogP contribution is -2.32. The number of nitriles is 1. The predicted octanol–water partition coefficient (Wildman–Crippen LogP) is 4.07. The molecule has 28 heavy (non-hydrogen) atoms. The molecule has 1 N–H and O–H groups in total. The van der Waals surface area contributed by atoms with E-state index in [0.29, 0.717) is 12.0 Å². The Kier molecular flexibility index (Phi) is 6.08. The lowest BCUT2D eigenvalue weighted by Gasteiger charge is -2.23. The van der Waals surface area contributed by atoms with Gasteiger partial charge in [0.25, 0.3) is 5.95 Å². The van der Waals surface area contributed by atoms with Gasteiger partial charge in [0, 0.05) is 11.0 Å². The molecule has 146 valence electrons. The average molecular weight is 463 g/mol. The highest BCUT2D eigenvalue weighted by atomic mass is 79.9. The highest BCUT2D eigenvalue weighted by Crippen LogP contribution is 2.43. The van der Waals surface area contributed by atoms with Crippen molar-refractivity contribution in [3.63, 3.8) is 0 Å². The maximum atomic E-state index is 13.1. The summed E-state index contributed by atoms with van der Waals surface area (Å²) in [7, 11) is -3.81. The molecule has 0 bridgehead atoms. The second kappa shape index (κ2) is 8.35. The molecule has 0 aromatic heterocycles. The molecule has 0 radical (unpaired) electrons. The van der Waals surface area contributed by atoms with Gasteiger partial charge < -0.3 is 9.84 Å². The first-order valence-corrected chi connectivity index (χ1v) is 10.9. The van der Waals surface area contributed by atoms with Crippen LogP contribution in [0.15, 0.2) is 69.4 Å². The second-order valence-electron chi connectivity index (χ2n) is 6.20. The minimum atomic E-state index is -3.81. The third-order valence-corrected chi connectivity index (χ3v) is 6.99. The number of fused-ring (bicyclic) bond motifs is 1. The summed E-state index contributed by atoms with van der Waals surface area (Å²) in [4.78, 5) is 0.146. The summed E-state index contributed by atoms with van der Waals surface area (Å²) in [5, 5.41) is 19.8. The van der Waals surface area contributed by atoms with Crippen molar-refractivity contribution in [3.8, 4) is 6.07 Å². The summed E-state index contributed by atoms with van der Waals surface area (Å²) in [6, 6.07) is 15.1. The lowest BCUT2D eigenvalue weighted by molar-refractivity contribution is 0.0954. The summed E-state index contributed by atoms with van der Waals surface area (Å²) in [5.74, 6) is -0.546. The van der Waals surface area contributed by atoms with Gasteiger partial charge in [0.1, 0.15) is 11.6 Å². The fourth-order valence-electron chi connectivity index (χ4n) is 3.24. The molecule has 1 aliphatic rings. The molecule has 1 atom stereocenters. The Morgan fingerprint density at radius 2 is 1.93 bits per heavy atom. The molecule has 3 rings (SSSR count). The molecule has 1 heterocycles. The van der Waals surface area contributed by atoms with E-state index in [1.54, 1.807) is 25.1 Å². The number of hydrogen-bond donors (Lipinski definition) is 1. The van der Waals surface area contributed by atoms with Crippen LogP contribution in [0.2, 0.25) is 0 Å². The molecule has 1 unspecified atom stereocenters. The Morgan fingerprint density at radius 3 is 2.57 bits per heavy atom. The van der Waals surface area contributed by atoms with E-state index in [2.05, 4.69) is 15.9 Å². The number of benzene rings is 2. The molecule has 2 aromatic carbocycles. The molecule has 0 saturated carbocycles. The van der Waals surface area contributed by atoms with Gasteiger partial charge in [-0.05, 0) is 42.7 Å². The summed E-state index contributed by atoms with van der Waals surface area (Å²) in [5.41, 5.74) is 1.30. The zero-order chi connectivity index (χ0) is 20.3. The van der Waals surface area contributed by atoms with Crippen LogP contribution in [-0.2, 0) is 21.2 Å². The van der Waals surface area contributed by atoms with Gasteiger partial charge in [-0.3, -0.25) is 0 Å². The van der Waals surface area contributed by atoms with Gasteiger partial charge >= 0.3 is 0 Å². The Morgan fingerprint density at radius 1 is 1.25 bits per heavy atom. The van der Waals surface area contributed by atoms with Crippen molar-refractivity contribution >= 4 is 26.0 Å². The third kappa shape index (κ3) is 3.78. The summed E-state index contributed by atoms with van der Waals surface area (Å²) < 4.78 is 33.6. The average Bonchev–Trinajstić information content (AvgIpc) is 2.90. The van der Waals surface area contributed by atoms with Crippen molar-refractivity contribution in [1.29, 1.82) is 5.26 Å². The van der Waals surface area contributed by atoms with Crippen LogP contribution in [0, 0.1) is 11.3 Å². The molecule has 0 aliphatic carbocycles. The predicted molar refractivity (Wildman–Crippen MR) is 108 cm³/mol. The number of hydrogen-bond acceptors (Lipinski definition) is 5. The summed E-state index contributed by atoms with van der Waals surface area (Å²) in [6.45, 7) is 2.00. The number of aliphatic hydroxyl groups is 1. The van der Waals surface area contributed by atoms with Gasteiger partial charge in [0.15, 0.2) is 0 Å². The minimum absolute atomic E-state index is 0.119. The van der Waals surface area contributed by atoms with E-state index in [1.807, 2.05) is 30.3 Å². The van der Waals surface area contributed by atoms with Crippen LogP contribution in [0.25, 0.3) is 0 Å². The van der Waals surface area contributed by atoms with Crippen LogP contribution in [0.1, 0.15) is 24.1 Å². The van der Waals surface area contributed by atoms with E-state index in [-0.39, 0.29) is 23.6 Å². The molecule has 6 nitrogen and oxygen atoms in total. The number of ether oxygens (including phenoxy) is 1. The molecular formula is C20H19BrN2O4S. The normalized spacial score (nSPS) is 18.8. The maximum Gasteiger partial charge on any atom is 0.293 e. The zero-order valence-corrected chi connectivity index (χ0v) is 17.6. The number of rotatable bonds is 6. The Labute approximate surface area is 172 Å². The van der Waals surface area contributed by atoms with E-state index >= 15 is 0 Å². The fourth-order valence-corrected chi connectivity index (χ4v) is 5.31. The standard InChI is InChI=1S/C20H19BrN2O4S/c1-2-27-20(24)17(13-22)19-16-5-3-4-6-18(16)28(25,26)23(19)12-11-14-7-9-15(21)10-8-14/h3-10,19,24H,2,11-12H2,1H3/b20-17-. The van der Waals surface area contributed by atoms with Gasteiger partial charge in [-0.1, -0.05) is 46.3 Å². The Bertz CT molecular complexity index is 1040. The van der Waals surface area contributed by atoms with Gasteiger partial charge in [-0.2, -0.15) is 9.57 Å². The lowest BCUT2D eigenvalue weighted by atomic mass is 9.99. The van der Waals surface area contributed by atoms with E-state index in [1.165, 1.54) is 10.4 Å². The molecule has 0 saturated heterocycles. The minimum Gasteiger partial charge on any atom is -0.480 e. The van der Waals surface area contributed by atoms with Gasteiger partial charge in [0.05, 0.1) is 17.5 Å². The van der Waals surface area contributed by atoms with Crippen LogP contribution < -0.4 is 0 Å². The van der Waals surface area contributed by atoms with Crippen molar-refractivity contribution in [2.24, 2.45) is 0 Å². The van der Waals surface area contributed by atoms with Crippen LogP contribution >= 0.6 is 15.9 Å². The SMILES string of the molecule is CCO/C(O)=C(/C#N)C1c2ccccc2S(=O)(=O)N1CCc1ccc(Br)cc1. The number of halogens is 1. The van der Waals surface area contributed by atoms with E-state index in [9.17, 15) is 18.8 Å². The third-order valence-electron chi connectivity index (χ3n) is 4.53. The largest absolute Gasteiger partial charge is 0.480 e. The molecular weight excluding hydrogens is 444 g/mol. The fraction of sp³-hybridized carbons (Fsp3) is 0.250. The Hall–Kier alpha value is -2.34. The molecule has 8 heteroatoms. The van der Waals surface area contributed by atoms with E-state index in [0.717, 1.165) is 10.0 Å². The first-order chi connectivity index (χ1) is 13.4. The molecule has 0 spiro atoms. The van der Waals surface area contributed by atoms with Crippen LogP contribution in [0.4, 0.5) is 0 Å². The van der Waals surface area contributed by atoms with Crippen LogP contribution in [0.5, 0.6) is 0 Å². The first-order valence-electron chi connectivity index (χ1n) is 8.71. The molecule has 1 aliphatic heterocycles. The van der Waals surface area contributed by atoms with Gasteiger partial charge in [-0.25, -0.2) is 8.42 Å². The van der Waals surface area contributed by atoms with Crippen molar-refractivity contribution in [3.05, 3.63) is 75.6 Å². The van der Waals surface area contributed by atoms with Crippen LogP contribution in [0.3, 0.4) is 0 Å². The second-order valence-corrected chi connectivity index (χ2v) is 8.97. The zero-order valence-electron chi connectivity index (χ0n) is 15.2. The smallest absolute Gasteiger partial charge is 0.293 e. The van der Waals surface area contributed by atoms with Crippen molar-refractivity contribution in [1.82, 2.24) is 4.31 Å². The first kappa shape index (κ1) is 20.4. The molecule has 2 aromatic rings. The van der Waals surface area contributed by atoms with E-state index < -0.39 is 22.0 Å². The monoisotopic (exact) mass is 462 g/mol. The highest BCUT2D eigenvalue weighted by Gasteiger charge is 2.45. The maximum absolute atomic E-state index is 13.1. The summed E-state index contributed by atoms with van der Waals surface area (Å²) in [6.07, 6.45) is 0.463. The number of sulfonamides is 1. The molecule has 0 fully saturated rings. The Balaban J connectivity index is 2.03. The van der Waals surface area contributed by atoms with Gasteiger partial charge in [0.2, 0.25) is 10.0 Å². The van der Waals surface area contributed by atoms with Crippen molar-refractivity contribution in [2.75, 3.05) is 13.2 Å². The molecule has 0 amide bonds. The summed E-state index contributed by atoms with van der Waals surface area (Å²) >= 11 is 3.38. The van der Waals surface area contributed by atoms with Gasteiger partial charge in [-0.15, -0.1) is 0 Å². The number of aliphatic hydroxyl groups excluding tert-OH is 1. The number of nitrogens with zero attached hydrogens (tertiary/aromatic N) is 2. The highest BCUT2D eigenvalue weighted by molar-refractivity contribution is 9.10. The van der Waals surface area contributed by atoms with Crippen molar-refractivity contribution in [2.45, 2.75) is 24.3 Å². The topological polar surface area (TPSA) is 90.6 Å².